The van der Waals surface area contributed by atoms with E-state index in [0.29, 0.717) is 0 Å². The highest BCUT2D eigenvalue weighted by molar-refractivity contribution is 5.66. The van der Waals surface area contributed by atoms with E-state index in [1.807, 2.05) is 13.1 Å². The van der Waals surface area contributed by atoms with Gasteiger partial charge in [0.2, 0.25) is 0 Å². The van der Waals surface area contributed by atoms with Gasteiger partial charge in [0.25, 0.3) is 5.82 Å². The third-order valence-electron chi connectivity index (χ3n) is 4.76. The van der Waals surface area contributed by atoms with E-state index < -0.39 is 0 Å². The van der Waals surface area contributed by atoms with E-state index >= 15 is 0 Å². The van der Waals surface area contributed by atoms with Gasteiger partial charge in [0.05, 0.1) is 24.1 Å². The van der Waals surface area contributed by atoms with Crippen molar-refractivity contribution < 1.29 is 9.30 Å². The fourth-order valence-corrected chi connectivity index (χ4v) is 3.62. The summed E-state index contributed by atoms with van der Waals surface area (Å²) < 4.78 is 10.3. The van der Waals surface area contributed by atoms with Crippen LogP contribution in [0.5, 0.6) is 5.75 Å². The molecule has 2 aliphatic heterocycles. The Morgan fingerprint density at radius 1 is 1.26 bits per heavy atom. The van der Waals surface area contributed by atoms with Crippen LogP contribution in [0.1, 0.15) is 23.2 Å². The van der Waals surface area contributed by atoms with Crippen molar-refractivity contribution in [2.45, 2.75) is 26.3 Å². The first-order valence-corrected chi connectivity index (χ1v) is 7.98. The molecule has 1 aromatic carbocycles. The van der Waals surface area contributed by atoms with Gasteiger partial charge >= 0.3 is 0 Å². The third kappa shape index (κ3) is 1.82. The lowest BCUT2D eigenvalue weighted by molar-refractivity contribution is -0.671. The third-order valence-corrected chi connectivity index (χ3v) is 4.76. The van der Waals surface area contributed by atoms with Crippen LogP contribution in [-0.4, -0.2) is 21.1 Å². The molecule has 2 aromatic heterocycles. The summed E-state index contributed by atoms with van der Waals surface area (Å²) in [4.78, 5) is 8.52. The molecule has 0 radical (unpaired) electrons. The number of ether oxygens (including phenoxy) is 1. The lowest BCUT2D eigenvalue weighted by Crippen LogP contribution is -2.30. The maximum Gasteiger partial charge on any atom is 0.294 e. The van der Waals surface area contributed by atoms with Crippen LogP contribution in [0.2, 0.25) is 0 Å². The number of hydrogen-bond donors (Lipinski definition) is 0. The largest absolute Gasteiger partial charge is 0.493 e. The SMILES string of the molecule is Cc1ncncc1-n1cc[n+]2c1-c1cc3c(cc1C2)OCCC3. The van der Waals surface area contributed by atoms with Crippen molar-refractivity contribution in [3.63, 3.8) is 0 Å². The van der Waals surface area contributed by atoms with Gasteiger partial charge in [-0.3, -0.25) is 0 Å². The normalized spacial score (nSPS) is 14.8. The predicted octanol–water partition coefficient (Wildman–Crippen LogP) is 2.22. The predicted molar refractivity (Wildman–Crippen MR) is 84.6 cm³/mol. The highest BCUT2D eigenvalue weighted by atomic mass is 16.5. The Bertz CT molecular complexity index is 929. The minimum Gasteiger partial charge on any atom is -0.493 e. The van der Waals surface area contributed by atoms with Crippen LogP contribution in [0.25, 0.3) is 17.1 Å². The lowest BCUT2D eigenvalue weighted by atomic mass is 9.99. The number of fused-ring (bicyclic) bond motifs is 4. The van der Waals surface area contributed by atoms with Gasteiger partial charge in [0.1, 0.15) is 31.0 Å². The second-order valence-electron chi connectivity index (χ2n) is 6.18. The van der Waals surface area contributed by atoms with E-state index in [2.05, 4.69) is 43.6 Å². The standard InChI is InChI=1S/C18H17N4O/c1-12-16(9-19-11-20-12)22-5-4-21-10-14-8-17-13(3-2-6-23-17)7-15(14)18(21)22/h4-5,7-9,11H,2-3,6,10H2,1H3/q+1. The van der Waals surface area contributed by atoms with Crippen LogP contribution < -0.4 is 9.30 Å². The molecule has 0 amide bonds. The van der Waals surface area contributed by atoms with E-state index in [0.717, 1.165) is 43.1 Å². The van der Waals surface area contributed by atoms with Crippen LogP contribution in [0, 0.1) is 6.92 Å². The molecule has 5 nitrogen and oxygen atoms in total. The summed E-state index contributed by atoms with van der Waals surface area (Å²) in [6, 6.07) is 4.52. The van der Waals surface area contributed by atoms with Gasteiger partial charge in [-0.25, -0.2) is 14.5 Å². The summed E-state index contributed by atoms with van der Waals surface area (Å²) in [5.74, 6) is 2.26. The van der Waals surface area contributed by atoms with Crippen molar-refractivity contribution in [3.8, 4) is 22.8 Å². The van der Waals surface area contributed by atoms with Crippen LogP contribution >= 0.6 is 0 Å². The summed E-state index contributed by atoms with van der Waals surface area (Å²) in [6.07, 6.45) is 9.89. The molecule has 0 N–H and O–H groups in total. The van der Waals surface area contributed by atoms with Crippen LogP contribution in [0.3, 0.4) is 0 Å². The smallest absolute Gasteiger partial charge is 0.294 e. The Morgan fingerprint density at radius 2 is 2.22 bits per heavy atom. The van der Waals surface area contributed by atoms with Crippen LogP contribution in [-0.2, 0) is 13.0 Å². The first-order valence-electron chi connectivity index (χ1n) is 7.98. The quantitative estimate of drug-likeness (QED) is 0.507. The Morgan fingerprint density at radius 3 is 3.13 bits per heavy atom. The zero-order valence-corrected chi connectivity index (χ0v) is 13.0. The van der Waals surface area contributed by atoms with Crippen molar-refractivity contribution in [2.24, 2.45) is 0 Å². The number of benzene rings is 1. The molecule has 0 spiro atoms. The number of hydrogen-bond acceptors (Lipinski definition) is 3. The van der Waals surface area contributed by atoms with E-state index in [9.17, 15) is 0 Å². The molecular formula is C18H17N4O+. The zero-order valence-electron chi connectivity index (χ0n) is 13.0. The van der Waals surface area contributed by atoms with E-state index in [4.69, 9.17) is 4.74 Å². The Kier molecular flexibility index (Phi) is 2.59. The topological polar surface area (TPSA) is 43.8 Å². The van der Waals surface area contributed by atoms with Gasteiger partial charge in [-0.1, -0.05) is 0 Å². The van der Waals surface area contributed by atoms with Gasteiger partial charge in [-0.2, -0.15) is 4.57 Å². The molecule has 0 saturated carbocycles. The number of nitrogens with zero attached hydrogens (tertiary/aromatic N) is 4. The molecule has 0 atom stereocenters. The molecule has 23 heavy (non-hydrogen) atoms. The first-order chi connectivity index (χ1) is 11.3. The summed E-state index contributed by atoms with van der Waals surface area (Å²) in [5, 5.41) is 0. The van der Waals surface area contributed by atoms with Crippen LogP contribution in [0.15, 0.2) is 37.1 Å². The van der Waals surface area contributed by atoms with E-state index in [1.54, 1.807) is 6.33 Å². The molecule has 0 fully saturated rings. The average molecular weight is 305 g/mol. The average Bonchev–Trinajstić information content (AvgIpc) is 3.12. The molecule has 0 bridgehead atoms. The van der Waals surface area contributed by atoms with E-state index in [-0.39, 0.29) is 0 Å². The molecular weight excluding hydrogens is 288 g/mol. The minimum absolute atomic E-state index is 0.832. The Labute approximate surface area is 134 Å². The molecule has 5 rings (SSSR count). The fourth-order valence-electron chi connectivity index (χ4n) is 3.62. The maximum atomic E-state index is 5.82. The lowest BCUT2D eigenvalue weighted by Gasteiger charge is -2.17. The van der Waals surface area contributed by atoms with Crippen molar-refractivity contribution >= 4 is 0 Å². The second-order valence-corrected chi connectivity index (χ2v) is 6.18. The highest BCUT2D eigenvalue weighted by Gasteiger charge is 2.32. The highest BCUT2D eigenvalue weighted by Crippen LogP contribution is 2.36. The Balaban J connectivity index is 1.72. The van der Waals surface area contributed by atoms with Gasteiger partial charge in [0, 0.05) is 5.56 Å². The number of aryl methyl sites for hydroxylation is 2. The molecule has 0 saturated heterocycles. The molecule has 2 aliphatic rings. The van der Waals surface area contributed by atoms with E-state index in [1.165, 1.54) is 22.5 Å². The fraction of sp³-hybridized carbons (Fsp3) is 0.278. The first kappa shape index (κ1) is 12.8. The monoisotopic (exact) mass is 305 g/mol. The van der Waals surface area contributed by atoms with Crippen molar-refractivity contribution in [2.75, 3.05) is 6.61 Å². The molecule has 5 heteroatoms. The molecule has 0 aliphatic carbocycles. The summed E-state index contributed by atoms with van der Waals surface area (Å²) in [5.41, 5.74) is 5.95. The Hall–Kier alpha value is -2.69. The molecule has 3 aromatic rings. The van der Waals surface area contributed by atoms with Crippen molar-refractivity contribution in [1.82, 2.24) is 14.5 Å². The zero-order chi connectivity index (χ0) is 15.4. The van der Waals surface area contributed by atoms with Gasteiger partial charge in [0.15, 0.2) is 5.69 Å². The van der Waals surface area contributed by atoms with Gasteiger partial charge < -0.3 is 4.74 Å². The second kappa shape index (κ2) is 4.65. The molecule has 4 heterocycles. The maximum absolute atomic E-state index is 5.82. The number of imidazole rings is 1. The number of aromatic nitrogens is 4. The van der Waals surface area contributed by atoms with Gasteiger partial charge in [-0.05, 0) is 37.5 Å². The molecule has 0 unspecified atom stereocenters. The summed E-state index contributed by atoms with van der Waals surface area (Å²) in [6.45, 7) is 3.74. The van der Waals surface area contributed by atoms with Crippen molar-refractivity contribution in [1.29, 1.82) is 0 Å². The minimum atomic E-state index is 0.832. The molecule has 114 valence electrons. The summed E-state index contributed by atoms with van der Waals surface area (Å²) in [7, 11) is 0. The van der Waals surface area contributed by atoms with Crippen molar-refractivity contribution in [3.05, 3.63) is 53.9 Å². The van der Waals surface area contributed by atoms with Crippen LogP contribution in [0.4, 0.5) is 0 Å². The van der Waals surface area contributed by atoms with Gasteiger partial charge in [-0.15, -0.1) is 0 Å². The number of rotatable bonds is 1. The summed E-state index contributed by atoms with van der Waals surface area (Å²) >= 11 is 0.